The van der Waals surface area contributed by atoms with E-state index < -0.39 is 0 Å². The Kier molecular flexibility index (Phi) is 12.7. The molecule has 0 spiro atoms. The van der Waals surface area contributed by atoms with Crippen LogP contribution in [0.3, 0.4) is 0 Å². The number of rotatable bonds is 15. The van der Waals surface area contributed by atoms with Crippen molar-refractivity contribution in [3.8, 4) is 51.2 Å². The average Bonchev–Trinajstić information content (AvgIpc) is 2.03. The fraction of sp³-hybridized carbons (Fsp3) is 0.115. The molecule has 16 aromatic rings. The van der Waals surface area contributed by atoms with Crippen LogP contribution in [0.15, 0.2) is 250 Å². The highest BCUT2D eigenvalue weighted by Gasteiger charge is 2.23. The fourth-order valence-electron chi connectivity index (χ4n) is 13.1. The molecule has 0 aliphatic rings. The van der Waals surface area contributed by atoms with E-state index in [2.05, 4.69) is 235 Å². The number of para-hydroxylation sites is 9. The zero-order chi connectivity index (χ0) is 58.1. The second-order valence-corrected chi connectivity index (χ2v) is 23.1. The van der Waals surface area contributed by atoms with Gasteiger partial charge in [0.25, 0.3) is 0 Å². The summed E-state index contributed by atoms with van der Waals surface area (Å²) in [6.07, 6.45) is 11.3. The lowest BCUT2D eigenvalue weighted by atomic mass is 9.96. The van der Waals surface area contributed by atoms with Crippen molar-refractivity contribution in [3.63, 3.8) is 0 Å². The minimum Gasteiger partial charge on any atom is -0.455 e. The van der Waals surface area contributed by atoms with Gasteiger partial charge in [-0.15, -0.1) is 0 Å². The van der Waals surface area contributed by atoms with Gasteiger partial charge in [-0.05, 0) is 147 Å². The van der Waals surface area contributed by atoms with Crippen LogP contribution >= 0.6 is 0 Å². The van der Waals surface area contributed by atoms with Gasteiger partial charge < -0.3 is 13.3 Å². The van der Waals surface area contributed by atoms with Crippen molar-refractivity contribution < 1.29 is 13.3 Å². The van der Waals surface area contributed by atoms with Crippen LogP contribution in [0, 0.1) is 20.8 Å². The molecule has 87 heavy (non-hydrogen) atoms. The normalized spacial score (nSPS) is 11.9. The Labute approximate surface area is 503 Å². The highest BCUT2D eigenvalue weighted by atomic mass is 16.3. The number of aryl methyl sites for hydroxylation is 9. The van der Waals surface area contributed by atoms with Crippen molar-refractivity contribution >= 4 is 65.8 Å². The van der Waals surface area contributed by atoms with Gasteiger partial charge in [0, 0.05) is 68.0 Å². The molecule has 420 valence electrons. The van der Waals surface area contributed by atoms with Crippen LogP contribution < -0.4 is 0 Å². The van der Waals surface area contributed by atoms with Crippen molar-refractivity contribution in [3.05, 3.63) is 287 Å². The van der Waals surface area contributed by atoms with Gasteiger partial charge in [0.05, 0.1) is 33.8 Å². The van der Waals surface area contributed by atoms with Crippen LogP contribution in [-0.4, -0.2) is 28.7 Å². The molecule has 0 bridgehead atoms. The maximum Gasteiger partial charge on any atom is 0.148 e. The molecule has 0 aliphatic heterocycles. The van der Waals surface area contributed by atoms with E-state index in [0.29, 0.717) is 0 Å². The van der Waals surface area contributed by atoms with Crippen molar-refractivity contribution in [1.29, 1.82) is 0 Å². The zero-order valence-corrected chi connectivity index (χ0v) is 48.7. The Morgan fingerprint density at radius 3 is 0.874 bits per heavy atom. The first-order chi connectivity index (χ1) is 42.8. The lowest BCUT2D eigenvalue weighted by Gasteiger charge is -2.11. The largest absolute Gasteiger partial charge is 0.455 e. The molecule has 10 aromatic carbocycles. The minimum absolute atomic E-state index is 0.736. The monoisotopic (exact) mass is 1130 g/mol. The smallest absolute Gasteiger partial charge is 0.148 e. The molecule has 0 unspecified atom stereocenters. The Bertz CT molecular complexity index is 4780. The summed E-state index contributed by atoms with van der Waals surface area (Å²) in [5.74, 6) is 2.58. The number of nitrogens with zero attached hydrogens (tertiary/aromatic N) is 6. The number of benzene rings is 10. The third-order valence-electron chi connectivity index (χ3n) is 17.4. The quantitative estimate of drug-likeness (QED) is 0.102. The molecule has 0 N–H and O–H groups in total. The Morgan fingerprint density at radius 1 is 0.287 bits per heavy atom. The highest BCUT2D eigenvalue weighted by molar-refractivity contribution is 6.11. The van der Waals surface area contributed by atoms with Crippen molar-refractivity contribution in [2.75, 3.05) is 0 Å². The van der Waals surface area contributed by atoms with Crippen molar-refractivity contribution in [2.24, 2.45) is 0 Å². The maximum absolute atomic E-state index is 6.63. The highest BCUT2D eigenvalue weighted by Crippen LogP contribution is 2.41. The third-order valence-corrected chi connectivity index (χ3v) is 17.4. The SMILES string of the molecule is Cc1ccccc1-n1cc(CCc2cc(CCc3cn(-c4ccccc4C)c(-c4cccc5c4oc4ccccc45)n3)cc(CCc3cn(-c4ccccc4C)c(-c4cccc5c4oc4ccccc45)n3)c2)nc1-c1cccc2c1oc1ccccc12. The first-order valence-corrected chi connectivity index (χ1v) is 30.1. The molecule has 9 heteroatoms. The molecule has 0 saturated heterocycles. The fourth-order valence-corrected chi connectivity index (χ4v) is 13.1. The Balaban J connectivity index is 0.770. The molecule has 0 atom stereocenters. The van der Waals surface area contributed by atoms with E-state index in [1.165, 1.54) is 33.4 Å². The second kappa shape index (κ2) is 21.4. The molecular weight excluding hydrogens is 1070 g/mol. The zero-order valence-electron chi connectivity index (χ0n) is 48.7. The summed E-state index contributed by atoms with van der Waals surface area (Å²) in [5, 5.41) is 6.53. The van der Waals surface area contributed by atoms with Gasteiger partial charge in [0.15, 0.2) is 0 Å². The predicted octanol–water partition coefficient (Wildman–Crippen LogP) is 19.2. The van der Waals surface area contributed by atoms with E-state index in [-0.39, 0.29) is 0 Å². The predicted molar refractivity (Wildman–Crippen MR) is 352 cm³/mol. The summed E-state index contributed by atoms with van der Waals surface area (Å²) in [6.45, 7) is 6.49. The van der Waals surface area contributed by atoms with Gasteiger partial charge >= 0.3 is 0 Å². The molecule has 0 fully saturated rings. The van der Waals surface area contributed by atoms with Crippen LogP contribution in [-0.2, 0) is 38.5 Å². The molecule has 9 nitrogen and oxygen atoms in total. The summed E-state index contributed by atoms with van der Waals surface area (Å²) in [6, 6.07) is 76.9. The van der Waals surface area contributed by atoms with E-state index in [4.69, 9.17) is 28.2 Å². The molecule has 6 aromatic heterocycles. The summed E-state index contributed by atoms with van der Waals surface area (Å²) in [4.78, 5) is 16.5. The molecule has 0 saturated carbocycles. The Hall–Kier alpha value is -10.8. The van der Waals surface area contributed by atoms with Gasteiger partial charge in [-0.1, -0.05) is 164 Å². The van der Waals surface area contributed by atoms with Crippen molar-refractivity contribution in [1.82, 2.24) is 28.7 Å². The van der Waals surface area contributed by atoms with Gasteiger partial charge in [-0.2, -0.15) is 0 Å². The Morgan fingerprint density at radius 2 is 0.563 bits per heavy atom. The van der Waals surface area contributed by atoms with E-state index in [1.54, 1.807) is 0 Å². The summed E-state index contributed by atoms with van der Waals surface area (Å²) >= 11 is 0. The van der Waals surface area contributed by atoms with Gasteiger partial charge in [-0.25, -0.2) is 15.0 Å². The van der Waals surface area contributed by atoms with Crippen molar-refractivity contribution in [2.45, 2.75) is 59.3 Å². The number of aromatic nitrogens is 6. The first kappa shape index (κ1) is 51.8. The number of imidazole rings is 3. The molecule has 6 heterocycles. The third kappa shape index (κ3) is 9.30. The van der Waals surface area contributed by atoms with E-state index in [9.17, 15) is 0 Å². The molecule has 0 aliphatic carbocycles. The number of hydrogen-bond donors (Lipinski definition) is 0. The minimum atomic E-state index is 0.736. The van der Waals surface area contributed by atoms with E-state index >= 15 is 0 Å². The van der Waals surface area contributed by atoms with Crippen LogP contribution in [0.4, 0.5) is 0 Å². The second-order valence-electron chi connectivity index (χ2n) is 23.1. The van der Waals surface area contributed by atoms with Crippen LogP contribution in [0.1, 0.15) is 50.5 Å². The summed E-state index contributed by atoms with van der Waals surface area (Å²) < 4.78 is 26.7. The van der Waals surface area contributed by atoms with Crippen LogP contribution in [0.5, 0.6) is 0 Å². The molecular formula is C78H60N6O3. The van der Waals surface area contributed by atoms with Gasteiger partial charge in [0.2, 0.25) is 0 Å². The van der Waals surface area contributed by atoms with E-state index in [0.717, 1.165) is 173 Å². The average molecular weight is 1130 g/mol. The topological polar surface area (TPSA) is 92.9 Å². The van der Waals surface area contributed by atoms with Gasteiger partial charge in [0.1, 0.15) is 51.0 Å². The summed E-state index contributed by atoms with van der Waals surface area (Å²) in [7, 11) is 0. The van der Waals surface area contributed by atoms with E-state index in [1.807, 2.05) is 36.4 Å². The van der Waals surface area contributed by atoms with Gasteiger partial charge in [-0.3, -0.25) is 13.7 Å². The molecule has 0 amide bonds. The number of fused-ring (bicyclic) bond motifs is 9. The number of furan rings is 3. The summed E-state index contributed by atoms with van der Waals surface area (Å²) in [5.41, 5.74) is 21.6. The first-order valence-electron chi connectivity index (χ1n) is 30.1. The molecule has 0 radical (unpaired) electrons. The molecule has 16 rings (SSSR count). The number of hydrogen-bond acceptors (Lipinski definition) is 6. The lowest BCUT2D eigenvalue weighted by Crippen LogP contribution is -2.00. The standard InChI is InChI=1S/C78H60N6O3/c1-49-19-4-10-31-67(49)82-46-55(79-76(82)64-28-16-25-61-58-22-7-13-34-70(58)85-73(61)64)40-37-52-43-53(38-41-56-47-83(68-32-11-5-20-50(68)2)77(80-56)65-29-17-26-62-59-23-8-14-35-71(59)86-74(62)65)45-54(44-52)39-42-57-48-84(69-33-12-6-21-51(69)3)78(81-57)66-30-18-27-63-60-24-9-15-36-72(60)87-75(63)66/h4-36,43-48H,37-42H2,1-3H3. The maximum atomic E-state index is 6.63. The van der Waals surface area contributed by atoms with Crippen LogP contribution in [0.2, 0.25) is 0 Å². The van der Waals surface area contributed by atoms with Crippen LogP contribution in [0.25, 0.3) is 117 Å². The lowest BCUT2D eigenvalue weighted by molar-refractivity contribution is 0.669.